The summed E-state index contributed by atoms with van der Waals surface area (Å²) >= 11 is 5.81. The van der Waals surface area contributed by atoms with Crippen molar-refractivity contribution in [1.82, 2.24) is 19.9 Å². The molecule has 1 aliphatic heterocycles. The van der Waals surface area contributed by atoms with E-state index in [9.17, 15) is 9.50 Å². The first-order valence-electron chi connectivity index (χ1n) is 12.3. The number of hydrogen-bond acceptors (Lipinski definition) is 7. The monoisotopic (exact) mass is 518 g/mol. The van der Waals surface area contributed by atoms with E-state index in [4.69, 9.17) is 11.6 Å². The van der Waals surface area contributed by atoms with Gasteiger partial charge in [-0.3, -0.25) is 0 Å². The Bertz CT molecular complexity index is 1380. The van der Waals surface area contributed by atoms with E-state index in [1.54, 1.807) is 6.07 Å². The van der Waals surface area contributed by atoms with Gasteiger partial charge < -0.3 is 15.3 Å². The topological polar surface area (TPSA) is 87.1 Å². The van der Waals surface area contributed by atoms with E-state index < -0.39 is 5.82 Å². The Balaban J connectivity index is 1.22. The molecule has 0 amide bonds. The highest BCUT2D eigenvalue weighted by Crippen LogP contribution is 2.25. The molecule has 0 radical (unpaired) electrons. The third-order valence-electron chi connectivity index (χ3n) is 6.42. The molecule has 0 saturated carbocycles. The van der Waals surface area contributed by atoms with Gasteiger partial charge in [0.05, 0.1) is 16.8 Å². The summed E-state index contributed by atoms with van der Waals surface area (Å²) in [5, 5.41) is 13.2. The van der Waals surface area contributed by atoms with Gasteiger partial charge in [-0.05, 0) is 49.4 Å². The molecule has 2 N–H and O–H groups in total. The molecule has 4 aromatic rings. The molecule has 2 aromatic heterocycles. The first kappa shape index (κ1) is 25.0. The van der Waals surface area contributed by atoms with Crippen LogP contribution in [0.4, 0.5) is 16.2 Å². The second-order valence-corrected chi connectivity index (χ2v) is 9.59. The summed E-state index contributed by atoms with van der Waals surface area (Å²) in [7, 11) is 0. The maximum atomic E-state index is 13.9. The average Bonchev–Trinajstić information content (AvgIpc) is 2.91. The van der Waals surface area contributed by atoms with Crippen molar-refractivity contribution in [3.63, 3.8) is 0 Å². The second kappa shape index (κ2) is 11.2. The second-order valence-electron chi connectivity index (χ2n) is 9.18. The summed E-state index contributed by atoms with van der Waals surface area (Å²) < 4.78 is 13.9. The maximum Gasteiger partial charge on any atom is 0.225 e. The van der Waals surface area contributed by atoms with E-state index in [0.29, 0.717) is 35.4 Å². The molecule has 9 heteroatoms. The summed E-state index contributed by atoms with van der Waals surface area (Å²) in [4.78, 5) is 20.1. The Labute approximate surface area is 220 Å². The van der Waals surface area contributed by atoms with Crippen molar-refractivity contribution >= 4 is 23.4 Å². The van der Waals surface area contributed by atoms with E-state index in [-0.39, 0.29) is 11.1 Å². The predicted octanol–water partition coefficient (Wildman–Crippen LogP) is 5.32. The smallest absolute Gasteiger partial charge is 0.225 e. The molecule has 0 atom stereocenters. The third-order valence-corrected chi connectivity index (χ3v) is 6.73. The number of nitrogens with one attached hydrogen (secondary N) is 1. The highest BCUT2D eigenvalue weighted by Gasteiger charge is 2.19. The number of halogens is 2. The van der Waals surface area contributed by atoms with Crippen LogP contribution < -0.4 is 10.2 Å². The van der Waals surface area contributed by atoms with Gasteiger partial charge in [0, 0.05) is 49.2 Å². The summed E-state index contributed by atoms with van der Waals surface area (Å²) in [6, 6.07) is 14.8. The zero-order valence-electron chi connectivity index (χ0n) is 20.5. The molecular formula is C28H28ClFN6O. The molecule has 1 saturated heterocycles. The van der Waals surface area contributed by atoms with Crippen LogP contribution in [0, 0.1) is 12.7 Å². The number of hydrogen-bond donors (Lipinski definition) is 2. The van der Waals surface area contributed by atoms with Crippen LogP contribution >= 0.6 is 11.6 Å². The first-order chi connectivity index (χ1) is 17.9. The van der Waals surface area contributed by atoms with Crippen molar-refractivity contribution in [1.29, 1.82) is 0 Å². The van der Waals surface area contributed by atoms with Gasteiger partial charge in [0.2, 0.25) is 5.95 Å². The Morgan fingerprint density at radius 1 is 1.00 bits per heavy atom. The summed E-state index contributed by atoms with van der Waals surface area (Å²) in [6.45, 7) is 4.02. The van der Waals surface area contributed by atoms with E-state index in [1.807, 2.05) is 31.5 Å². The van der Waals surface area contributed by atoms with Crippen LogP contribution in [0.5, 0.6) is 0 Å². The summed E-state index contributed by atoms with van der Waals surface area (Å²) in [5.74, 6) is 1.51. The Morgan fingerprint density at radius 3 is 2.54 bits per heavy atom. The highest BCUT2D eigenvalue weighted by molar-refractivity contribution is 6.30. The molecule has 1 aliphatic rings. The lowest BCUT2D eigenvalue weighted by Crippen LogP contribution is -2.36. The number of anilines is 2. The van der Waals surface area contributed by atoms with E-state index >= 15 is 0 Å². The fourth-order valence-corrected chi connectivity index (χ4v) is 4.52. The van der Waals surface area contributed by atoms with Crippen LogP contribution in [-0.4, -0.2) is 50.8 Å². The number of piperidine rings is 1. The lowest BCUT2D eigenvalue weighted by Gasteiger charge is -2.29. The molecule has 37 heavy (non-hydrogen) atoms. The number of rotatable bonds is 7. The van der Waals surface area contributed by atoms with Gasteiger partial charge in [-0.2, -0.15) is 0 Å². The molecule has 1 fully saturated rings. The molecule has 2 aromatic carbocycles. The zero-order chi connectivity index (χ0) is 25.8. The molecule has 0 bridgehead atoms. The van der Waals surface area contributed by atoms with E-state index in [0.717, 1.165) is 43.5 Å². The number of aliphatic hydroxyl groups is 1. The SMILES string of the molecule is Cc1nc(NCCc2cccc(-c3cnc(N4CCC(O)CC4)nc3)c2)cc(-c2ccc(Cl)c(F)c2)n1. The molecule has 5 rings (SSSR count). The van der Waals surface area contributed by atoms with Crippen LogP contribution in [0.25, 0.3) is 22.4 Å². The van der Waals surface area contributed by atoms with Crippen LogP contribution in [-0.2, 0) is 6.42 Å². The molecule has 190 valence electrons. The summed E-state index contributed by atoms with van der Waals surface area (Å²) in [5.41, 5.74) is 4.47. The molecular weight excluding hydrogens is 491 g/mol. The fourth-order valence-electron chi connectivity index (χ4n) is 4.40. The summed E-state index contributed by atoms with van der Waals surface area (Å²) in [6.07, 6.45) is 5.77. The van der Waals surface area contributed by atoms with E-state index in [1.165, 1.54) is 17.7 Å². The molecule has 3 heterocycles. The number of aliphatic hydroxyl groups excluding tert-OH is 1. The van der Waals surface area contributed by atoms with Gasteiger partial charge in [-0.1, -0.05) is 41.9 Å². The van der Waals surface area contributed by atoms with Crippen molar-refractivity contribution < 1.29 is 9.50 Å². The lowest BCUT2D eigenvalue weighted by atomic mass is 10.0. The lowest BCUT2D eigenvalue weighted by molar-refractivity contribution is 0.145. The molecule has 0 aliphatic carbocycles. The minimum absolute atomic E-state index is 0.0837. The number of benzene rings is 2. The number of aryl methyl sites for hydroxylation is 1. The third kappa shape index (κ3) is 6.21. The van der Waals surface area contributed by atoms with Crippen LogP contribution in [0.3, 0.4) is 0 Å². The van der Waals surface area contributed by atoms with Gasteiger partial charge in [0.1, 0.15) is 17.5 Å². The Kier molecular flexibility index (Phi) is 7.58. The minimum Gasteiger partial charge on any atom is -0.393 e. The zero-order valence-corrected chi connectivity index (χ0v) is 21.3. The van der Waals surface area contributed by atoms with E-state index in [2.05, 4.69) is 48.4 Å². The van der Waals surface area contributed by atoms with Crippen molar-refractivity contribution in [3.05, 3.63) is 83.2 Å². The molecule has 0 unspecified atom stereocenters. The van der Waals surface area contributed by atoms with Gasteiger partial charge in [0.25, 0.3) is 0 Å². The maximum absolute atomic E-state index is 13.9. The van der Waals surface area contributed by atoms with Crippen LogP contribution in [0.15, 0.2) is 60.9 Å². The quantitative estimate of drug-likeness (QED) is 0.342. The van der Waals surface area contributed by atoms with Gasteiger partial charge >= 0.3 is 0 Å². The normalized spacial score (nSPS) is 14.1. The minimum atomic E-state index is -0.476. The van der Waals surface area contributed by atoms with Crippen molar-refractivity contribution in [2.75, 3.05) is 29.9 Å². The van der Waals surface area contributed by atoms with Crippen molar-refractivity contribution in [3.8, 4) is 22.4 Å². The largest absolute Gasteiger partial charge is 0.393 e. The Hall–Kier alpha value is -3.62. The van der Waals surface area contributed by atoms with Crippen LogP contribution in [0.1, 0.15) is 24.2 Å². The average molecular weight is 519 g/mol. The van der Waals surface area contributed by atoms with Gasteiger partial charge in [0.15, 0.2) is 0 Å². The van der Waals surface area contributed by atoms with Gasteiger partial charge in [-0.25, -0.2) is 24.3 Å². The van der Waals surface area contributed by atoms with Gasteiger partial charge in [-0.15, -0.1) is 0 Å². The molecule has 0 spiro atoms. The standard InChI is InChI=1S/C28H28ClFN6O/c1-18-34-26(21-5-6-24(29)25(30)14-21)15-27(35-18)31-10-7-19-3-2-4-20(13-19)22-16-32-28(33-17-22)36-11-8-23(37)9-12-36/h2-6,13-17,23,37H,7-12H2,1H3,(H,31,34,35). The van der Waals surface area contributed by atoms with Crippen molar-refractivity contribution in [2.24, 2.45) is 0 Å². The van der Waals surface area contributed by atoms with Crippen LogP contribution in [0.2, 0.25) is 5.02 Å². The Morgan fingerprint density at radius 2 is 1.78 bits per heavy atom. The number of nitrogens with zero attached hydrogens (tertiary/aromatic N) is 5. The molecule has 7 nitrogen and oxygen atoms in total. The van der Waals surface area contributed by atoms with Crippen molar-refractivity contribution in [2.45, 2.75) is 32.3 Å². The predicted molar refractivity (Wildman–Crippen MR) is 144 cm³/mol. The highest BCUT2D eigenvalue weighted by atomic mass is 35.5. The fraction of sp³-hybridized carbons (Fsp3) is 0.286. The first-order valence-corrected chi connectivity index (χ1v) is 12.7. The number of aromatic nitrogens is 4.